The molecular weight excluding hydrogens is 318 g/mol. The molecule has 0 unspecified atom stereocenters. The van der Waals surface area contributed by atoms with Crippen molar-refractivity contribution in [3.63, 3.8) is 0 Å². The number of hydrogen-bond acceptors (Lipinski definition) is 4. The summed E-state index contributed by atoms with van der Waals surface area (Å²) in [5.74, 6) is 0.122. The summed E-state index contributed by atoms with van der Waals surface area (Å²) in [5.41, 5.74) is 0.863. The molecule has 7 heteroatoms. The lowest BCUT2D eigenvalue weighted by Gasteiger charge is -2.23. The first-order valence-electron chi connectivity index (χ1n) is 7.42. The van der Waals surface area contributed by atoms with Crippen LogP contribution in [0.1, 0.15) is 29.8 Å². The molecule has 0 radical (unpaired) electrons. The van der Waals surface area contributed by atoms with E-state index in [0.29, 0.717) is 29.3 Å². The summed E-state index contributed by atoms with van der Waals surface area (Å²) in [7, 11) is 0. The van der Waals surface area contributed by atoms with Gasteiger partial charge in [-0.05, 0) is 25.0 Å². The molecule has 2 heterocycles. The first-order valence-corrected chi connectivity index (χ1v) is 7.80. The Kier molecular flexibility index (Phi) is 4.62. The molecule has 1 atom stereocenters. The summed E-state index contributed by atoms with van der Waals surface area (Å²) in [6, 6.07) is 8.70. The maximum Gasteiger partial charge on any atom is 0.273 e. The zero-order valence-electron chi connectivity index (χ0n) is 12.3. The molecule has 120 valence electrons. The van der Waals surface area contributed by atoms with Crippen LogP contribution in [0.3, 0.4) is 0 Å². The van der Waals surface area contributed by atoms with E-state index in [1.807, 2.05) is 12.1 Å². The van der Waals surface area contributed by atoms with Crippen molar-refractivity contribution in [2.24, 2.45) is 0 Å². The SMILES string of the molecule is O=C1CCC[C@H](CNC(=O)c2cc(-c3ccccc3Cl)on2)N1. The smallest absolute Gasteiger partial charge is 0.273 e. The van der Waals surface area contributed by atoms with E-state index in [1.165, 1.54) is 0 Å². The highest BCUT2D eigenvalue weighted by Crippen LogP contribution is 2.27. The number of carbonyl (C=O) groups is 2. The van der Waals surface area contributed by atoms with Gasteiger partial charge in [-0.3, -0.25) is 9.59 Å². The zero-order chi connectivity index (χ0) is 16.2. The maximum absolute atomic E-state index is 12.1. The zero-order valence-corrected chi connectivity index (χ0v) is 13.1. The second kappa shape index (κ2) is 6.83. The summed E-state index contributed by atoms with van der Waals surface area (Å²) in [5, 5.41) is 9.91. The number of benzene rings is 1. The van der Waals surface area contributed by atoms with E-state index in [-0.39, 0.29) is 23.6 Å². The number of halogens is 1. The van der Waals surface area contributed by atoms with Gasteiger partial charge in [-0.25, -0.2) is 0 Å². The predicted octanol–water partition coefficient (Wildman–Crippen LogP) is 2.39. The quantitative estimate of drug-likeness (QED) is 0.899. The molecule has 0 spiro atoms. The van der Waals surface area contributed by atoms with Crippen molar-refractivity contribution in [1.29, 1.82) is 0 Å². The molecule has 1 aromatic heterocycles. The lowest BCUT2D eigenvalue weighted by atomic mass is 10.0. The molecule has 1 aliphatic rings. The number of carbonyl (C=O) groups excluding carboxylic acids is 2. The minimum absolute atomic E-state index is 0.0259. The maximum atomic E-state index is 12.1. The van der Waals surface area contributed by atoms with E-state index in [4.69, 9.17) is 16.1 Å². The van der Waals surface area contributed by atoms with Gasteiger partial charge in [0.25, 0.3) is 5.91 Å². The first kappa shape index (κ1) is 15.6. The standard InChI is InChI=1S/C16H16ClN3O3/c17-12-6-2-1-5-11(12)14-8-13(20-23-14)16(22)18-9-10-4-3-7-15(21)19-10/h1-2,5-6,8,10H,3-4,7,9H2,(H,18,22)(H,19,21)/t10-/m1/s1. The van der Waals surface area contributed by atoms with Crippen molar-refractivity contribution in [2.75, 3.05) is 6.54 Å². The Labute approximate surface area is 138 Å². The van der Waals surface area contributed by atoms with Crippen LogP contribution in [0.5, 0.6) is 0 Å². The molecule has 1 aromatic carbocycles. The van der Waals surface area contributed by atoms with Crippen LogP contribution in [0.15, 0.2) is 34.9 Å². The minimum Gasteiger partial charge on any atom is -0.355 e. The van der Waals surface area contributed by atoms with Crippen molar-refractivity contribution in [2.45, 2.75) is 25.3 Å². The topological polar surface area (TPSA) is 84.2 Å². The van der Waals surface area contributed by atoms with Crippen LogP contribution in [-0.2, 0) is 4.79 Å². The fourth-order valence-electron chi connectivity index (χ4n) is 2.51. The van der Waals surface area contributed by atoms with E-state index in [9.17, 15) is 9.59 Å². The highest BCUT2D eigenvalue weighted by molar-refractivity contribution is 6.33. The van der Waals surface area contributed by atoms with Gasteiger partial charge in [-0.1, -0.05) is 28.9 Å². The fraction of sp³-hybridized carbons (Fsp3) is 0.312. The van der Waals surface area contributed by atoms with Gasteiger partial charge in [-0.2, -0.15) is 0 Å². The summed E-state index contributed by atoms with van der Waals surface area (Å²) in [6.45, 7) is 0.374. The van der Waals surface area contributed by atoms with Gasteiger partial charge < -0.3 is 15.2 Å². The monoisotopic (exact) mass is 333 g/mol. The molecular formula is C16H16ClN3O3. The molecule has 1 aliphatic heterocycles. The number of nitrogens with one attached hydrogen (secondary N) is 2. The average molecular weight is 334 g/mol. The Morgan fingerprint density at radius 3 is 3.04 bits per heavy atom. The van der Waals surface area contributed by atoms with Gasteiger partial charge in [0.15, 0.2) is 11.5 Å². The number of aromatic nitrogens is 1. The van der Waals surface area contributed by atoms with Crippen LogP contribution in [0.4, 0.5) is 0 Å². The molecule has 0 aliphatic carbocycles. The molecule has 0 saturated carbocycles. The molecule has 23 heavy (non-hydrogen) atoms. The number of rotatable bonds is 4. The molecule has 0 bridgehead atoms. The second-order valence-electron chi connectivity index (χ2n) is 5.42. The third-order valence-electron chi connectivity index (χ3n) is 3.71. The third kappa shape index (κ3) is 3.71. The normalized spacial score (nSPS) is 17.6. The summed E-state index contributed by atoms with van der Waals surface area (Å²) in [6.07, 6.45) is 2.25. The minimum atomic E-state index is -0.341. The van der Waals surface area contributed by atoms with Gasteiger partial charge in [-0.15, -0.1) is 0 Å². The predicted molar refractivity (Wildman–Crippen MR) is 85.1 cm³/mol. The molecule has 1 fully saturated rings. The van der Waals surface area contributed by atoms with Crippen LogP contribution >= 0.6 is 11.6 Å². The van der Waals surface area contributed by atoms with Gasteiger partial charge in [0.2, 0.25) is 5.91 Å². The van der Waals surface area contributed by atoms with Crippen molar-refractivity contribution in [3.8, 4) is 11.3 Å². The lowest BCUT2D eigenvalue weighted by molar-refractivity contribution is -0.123. The summed E-state index contributed by atoms with van der Waals surface area (Å²) < 4.78 is 5.20. The highest BCUT2D eigenvalue weighted by Gasteiger charge is 2.20. The van der Waals surface area contributed by atoms with E-state index in [2.05, 4.69) is 15.8 Å². The van der Waals surface area contributed by atoms with Crippen LogP contribution in [0.2, 0.25) is 5.02 Å². The van der Waals surface area contributed by atoms with Gasteiger partial charge in [0, 0.05) is 30.6 Å². The van der Waals surface area contributed by atoms with Crippen LogP contribution in [0, 0.1) is 0 Å². The molecule has 2 amide bonds. The van der Waals surface area contributed by atoms with E-state index >= 15 is 0 Å². The Bertz CT molecular complexity index is 729. The summed E-state index contributed by atoms with van der Waals surface area (Å²) in [4.78, 5) is 23.4. The highest BCUT2D eigenvalue weighted by atomic mass is 35.5. The van der Waals surface area contributed by atoms with Crippen molar-refractivity contribution in [3.05, 3.63) is 41.0 Å². The number of amides is 2. The Morgan fingerprint density at radius 1 is 1.43 bits per heavy atom. The van der Waals surface area contributed by atoms with Gasteiger partial charge in [0.1, 0.15) is 0 Å². The number of piperidine rings is 1. The largest absolute Gasteiger partial charge is 0.355 e. The fourth-order valence-corrected chi connectivity index (χ4v) is 2.74. The molecule has 2 N–H and O–H groups in total. The number of nitrogens with zero attached hydrogens (tertiary/aromatic N) is 1. The first-order chi connectivity index (χ1) is 11.1. The second-order valence-corrected chi connectivity index (χ2v) is 5.83. The van der Waals surface area contributed by atoms with Gasteiger partial charge >= 0.3 is 0 Å². The third-order valence-corrected chi connectivity index (χ3v) is 4.04. The van der Waals surface area contributed by atoms with Crippen LogP contribution in [0.25, 0.3) is 11.3 Å². The van der Waals surface area contributed by atoms with Crippen molar-refractivity contribution >= 4 is 23.4 Å². The Morgan fingerprint density at radius 2 is 2.26 bits per heavy atom. The van der Waals surface area contributed by atoms with E-state index in [0.717, 1.165) is 12.8 Å². The summed E-state index contributed by atoms with van der Waals surface area (Å²) >= 11 is 6.10. The molecule has 2 aromatic rings. The molecule has 6 nitrogen and oxygen atoms in total. The van der Waals surface area contributed by atoms with Crippen molar-refractivity contribution < 1.29 is 14.1 Å². The van der Waals surface area contributed by atoms with Gasteiger partial charge in [0.05, 0.1) is 5.02 Å². The molecule has 3 rings (SSSR count). The Balaban J connectivity index is 1.62. The average Bonchev–Trinajstić information content (AvgIpc) is 3.03. The Hall–Kier alpha value is -2.34. The lowest BCUT2D eigenvalue weighted by Crippen LogP contribution is -2.46. The van der Waals surface area contributed by atoms with Crippen molar-refractivity contribution in [1.82, 2.24) is 15.8 Å². The van der Waals surface area contributed by atoms with Crippen LogP contribution < -0.4 is 10.6 Å². The molecule has 1 saturated heterocycles. The van der Waals surface area contributed by atoms with E-state index < -0.39 is 0 Å². The number of hydrogen-bond donors (Lipinski definition) is 2. The van der Waals surface area contributed by atoms with Crippen LogP contribution in [-0.4, -0.2) is 29.6 Å². The van der Waals surface area contributed by atoms with E-state index in [1.54, 1.807) is 18.2 Å².